The Morgan fingerprint density at radius 1 is 1.65 bits per heavy atom. The van der Waals surface area contributed by atoms with Gasteiger partial charge in [0, 0.05) is 12.6 Å². The molecule has 1 heterocycles. The summed E-state index contributed by atoms with van der Waals surface area (Å²) in [5, 5.41) is 7.10. The first-order valence-electron chi connectivity index (χ1n) is 6.29. The second-order valence-corrected chi connectivity index (χ2v) is 4.63. The molecule has 5 heteroatoms. The predicted molar refractivity (Wildman–Crippen MR) is 66.6 cm³/mol. The number of nitrogens with zero attached hydrogens (tertiary/aromatic N) is 2. The first kappa shape index (κ1) is 12.0. The van der Waals surface area contributed by atoms with Gasteiger partial charge in [0.1, 0.15) is 5.69 Å². The first-order valence-corrected chi connectivity index (χ1v) is 6.29. The van der Waals surface area contributed by atoms with Crippen LogP contribution in [0.4, 0.5) is 5.69 Å². The van der Waals surface area contributed by atoms with Gasteiger partial charge in [-0.3, -0.25) is 9.48 Å². The number of carbonyl (C=O) groups is 1. The lowest BCUT2D eigenvalue weighted by Crippen LogP contribution is -2.29. The molecule has 94 valence electrons. The van der Waals surface area contributed by atoms with E-state index < -0.39 is 0 Å². The van der Waals surface area contributed by atoms with Crippen LogP contribution in [0.5, 0.6) is 0 Å². The molecule has 1 aliphatic rings. The van der Waals surface area contributed by atoms with E-state index in [0.29, 0.717) is 29.9 Å². The van der Waals surface area contributed by atoms with Gasteiger partial charge in [-0.15, -0.1) is 0 Å². The molecule has 0 aliphatic heterocycles. The summed E-state index contributed by atoms with van der Waals surface area (Å²) in [5.74, 6) is 0.564. The molecule has 0 bridgehead atoms. The maximum absolute atomic E-state index is 12.1. The number of hydrogen-bond donors (Lipinski definition) is 2. The summed E-state index contributed by atoms with van der Waals surface area (Å²) in [4.78, 5) is 12.1. The van der Waals surface area contributed by atoms with E-state index in [-0.39, 0.29) is 5.91 Å². The van der Waals surface area contributed by atoms with Gasteiger partial charge in [0.05, 0.1) is 11.9 Å². The van der Waals surface area contributed by atoms with E-state index >= 15 is 0 Å². The normalized spacial score (nSPS) is 22.5. The lowest BCUT2D eigenvalue weighted by atomic mass is 10.2. The lowest BCUT2D eigenvalue weighted by molar-refractivity contribution is 0.0939. The Bertz CT molecular complexity index is 413. The SMILES string of the molecule is CCCC1CC1NC(=O)c1c(N)cnn1CC. The van der Waals surface area contributed by atoms with E-state index in [0.717, 1.165) is 6.42 Å². The quantitative estimate of drug-likeness (QED) is 0.811. The largest absolute Gasteiger partial charge is 0.396 e. The second kappa shape index (κ2) is 4.77. The van der Waals surface area contributed by atoms with Crippen LogP contribution in [0.1, 0.15) is 43.6 Å². The van der Waals surface area contributed by atoms with Gasteiger partial charge in [-0.05, 0) is 25.7 Å². The van der Waals surface area contributed by atoms with Crippen molar-refractivity contribution in [3.8, 4) is 0 Å². The van der Waals surface area contributed by atoms with E-state index in [1.54, 1.807) is 4.68 Å². The number of nitrogens with two attached hydrogens (primary N) is 1. The number of hydrogen-bond acceptors (Lipinski definition) is 3. The number of anilines is 1. The van der Waals surface area contributed by atoms with Gasteiger partial charge in [0.25, 0.3) is 5.91 Å². The van der Waals surface area contributed by atoms with Crippen LogP contribution in [0.3, 0.4) is 0 Å². The van der Waals surface area contributed by atoms with Crippen LogP contribution in [-0.2, 0) is 6.54 Å². The average Bonchev–Trinajstić information content (AvgIpc) is 2.90. The highest BCUT2D eigenvalue weighted by molar-refractivity contribution is 5.97. The Morgan fingerprint density at radius 2 is 2.41 bits per heavy atom. The summed E-state index contributed by atoms with van der Waals surface area (Å²) in [5.41, 5.74) is 6.71. The molecule has 2 atom stereocenters. The van der Waals surface area contributed by atoms with Crippen LogP contribution in [0.25, 0.3) is 0 Å². The highest BCUT2D eigenvalue weighted by Crippen LogP contribution is 2.34. The minimum Gasteiger partial charge on any atom is -0.396 e. The number of rotatable bonds is 5. The monoisotopic (exact) mass is 236 g/mol. The molecule has 0 radical (unpaired) electrons. The molecule has 0 spiro atoms. The summed E-state index contributed by atoms with van der Waals surface area (Å²) in [6.07, 6.45) is 4.99. The molecule has 2 unspecified atom stereocenters. The van der Waals surface area contributed by atoms with Crippen molar-refractivity contribution >= 4 is 11.6 Å². The van der Waals surface area contributed by atoms with Crippen molar-refractivity contribution in [2.75, 3.05) is 5.73 Å². The minimum absolute atomic E-state index is 0.0922. The number of nitrogen functional groups attached to an aromatic ring is 1. The van der Waals surface area contributed by atoms with E-state index in [1.165, 1.54) is 19.0 Å². The van der Waals surface area contributed by atoms with Crippen LogP contribution in [0.2, 0.25) is 0 Å². The third-order valence-electron chi connectivity index (χ3n) is 3.28. The maximum Gasteiger partial charge on any atom is 0.271 e. The molecule has 3 N–H and O–H groups in total. The predicted octanol–water partition coefficient (Wildman–Crippen LogP) is 1.40. The molecule has 0 aromatic carbocycles. The number of carbonyl (C=O) groups excluding carboxylic acids is 1. The van der Waals surface area contributed by atoms with Gasteiger partial charge in [-0.25, -0.2) is 0 Å². The second-order valence-electron chi connectivity index (χ2n) is 4.63. The number of amides is 1. The fourth-order valence-corrected chi connectivity index (χ4v) is 2.24. The fourth-order valence-electron chi connectivity index (χ4n) is 2.24. The van der Waals surface area contributed by atoms with E-state index in [1.807, 2.05) is 6.92 Å². The Balaban J connectivity index is 1.98. The van der Waals surface area contributed by atoms with Crippen molar-refractivity contribution in [2.45, 2.75) is 45.7 Å². The van der Waals surface area contributed by atoms with E-state index in [4.69, 9.17) is 5.73 Å². The maximum atomic E-state index is 12.1. The smallest absolute Gasteiger partial charge is 0.271 e. The van der Waals surface area contributed by atoms with Crippen molar-refractivity contribution in [1.82, 2.24) is 15.1 Å². The van der Waals surface area contributed by atoms with Gasteiger partial charge in [-0.2, -0.15) is 5.10 Å². The summed E-state index contributed by atoms with van der Waals surface area (Å²) in [7, 11) is 0. The molecule has 1 aromatic rings. The summed E-state index contributed by atoms with van der Waals surface area (Å²) < 4.78 is 1.64. The third-order valence-corrected chi connectivity index (χ3v) is 3.28. The minimum atomic E-state index is -0.0922. The highest BCUT2D eigenvalue weighted by Gasteiger charge is 2.37. The number of nitrogens with one attached hydrogen (secondary N) is 1. The Labute approximate surface area is 101 Å². The summed E-state index contributed by atoms with van der Waals surface area (Å²) in [6, 6.07) is 0.335. The molecule has 2 rings (SSSR count). The van der Waals surface area contributed by atoms with E-state index in [2.05, 4.69) is 17.3 Å². The van der Waals surface area contributed by atoms with Crippen LogP contribution in [0.15, 0.2) is 6.20 Å². The molecular weight excluding hydrogens is 216 g/mol. The van der Waals surface area contributed by atoms with Crippen LogP contribution < -0.4 is 11.1 Å². The molecule has 0 saturated heterocycles. The van der Waals surface area contributed by atoms with Gasteiger partial charge < -0.3 is 11.1 Å². The number of aryl methyl sites for hydroxylation is 1. The van der Waals surface area contributed by atoms with Gasteiger partial charge >= 0.3 is 0 Å². The molecule has 1 aromatic heterocycles. The molecular formula is C12H20N4O. The van der Waals surface area contributed by atoms with Gasteiger partial charge in [0.15, 0.2) is 0 Å². The van der Waals surface area contributed by atoms with Crippen molar-refractivity contribution in [1.29, 1.82) is 0 Å². The van der Waals surface area contributed by atoms with Crippen molar-refractivity contribution in [3.63, 3.8) is 0 Å². The molecule has 1 saturated carbocycles. The molecule has 1 aliphatic carbocycles. The zero-order valence-electron chi connectivity index (χ0n) is 10.4. The lowest BCUT2D eigenvalue weighted by Gasteiger charge is -2.07. The molecule has 17 heavy (non-hydrogen) atoms. The zero-order valence-corrected chi connectivity index (χ0v) is 10.4. The van der Waals surface area contributed by atoms with Crippen LogP contribution in [-0.4, -0.2) is 21.7 Å². The van der Waals surface area contributed by atoms with Crippen molar-refractivity contribution in [2.24, 2.45) is 5.92 Å². The van der Waals surface area contributed by atoms with Crippen molar-refractivity contribution in [3.05, 3.63) is 11.9 Å². The molecule has 1 fully saturated rings. The van der Waals surface area contributed by atoms with Crippen LogP contribution in [0, 0.1) is 5.92 Å². The standard InChI is InChI=1S/C12H20N4O/c1-3-5-8-6-10(8)15-12(17)11-9(13)7-14-16(11)4-2/h7-8,10H,3-6,13H2,1-2H3,(H,15,17). The Kier molecular flexibility index (Phi) is 3.36. The molecule has 1 amide bonds. The van der Waals surface area contributed by atoms with E-state index in [9.17, 15) is 4.79 Å². The van der Waals surface area contributed by atoms with Crippen molar-refractivity contribution < 1.29 is 4.79 Å². The highest BCUT2D eigenvalue weighted by atomic mass is 16.2. The van der Waals surface area contributed by atoms with Gasteiger partial charge in [-0.1, -0.05) is 13.3 Å². The Morgan fingerprint density at radius 3 is 3.06 bits per heavy atom. The van der Waals surface area contributed by atoms with Crippen LogP contribution >= 0.6 is 0 Å². The molecule has 5 nitrogen and oxygen atoms in total. The first-order chi connectivity index (χ1) is 8.17. The summed E-state index contributed by atoms with van der Waals surface area (Å²) in [6.45, 7) is 4.77. The zero-order chi connectivity index (χ0) is 12.4. The fraction of sp³-hybridized carbons (Fsp3) is 0.667. The number of aromatic nitrogens is 2. The third kappa shape index (κ3) is 2.43. The Hall–Kier alpha value is -1.52. The average molecular weight is 236 g/mol. The van der Waals surface area contributed by atoms with Gasteiger partial charge in [0.2, 0.25) is 0 Å². The summed E-state index contributed by atoms with van der Waals surface area (Å²) >= 11 is 0. The topological polar surface area (TPSA) is 72.9 Å².